The van der Waals surface area contributed by atoms with Crippen molar-refractivity contribution in [1.82, 2.24) is 4.98 Å². The predicted octanol–water partition coefficient (Wildman–Crippen LogP) is 3.13. The van der Waals surface area contributed by atoms with Crippen molar-refractivity contribution in [2.24, 2.45) is 0 Å². The van der Waals surface area contributed by atoms with Gasteiger partial charge in [0.25, 0.3) is 0 Å². The summed E-state index contributed by atoms with van der Waals surface area (Å²) in [6.07, 6.45) is 0.992. The van der Waals surface area contributed by atoms with E-state index in [1.165, 1.54) is 4.70 Å². The Morgan fingerprint density at radius 1 is 1.44 bits per heavy atom. The molecule has 0 amide bonds. The van der Waals surface area contributed by atoms with Crippen LogP contribution in [0.1, 0.15) is 13.3 Å². The van der Waals surface area contributed by atoms with Crippen molar-refractivity contribution in [3.63, 3.8) is 0 Å². The van der Waals surface area contributed by atoms with Crippen molar-refractivity contribution in [3.05, 3.63) is 24.3 Å². The molecular weight excluding hydrogens is 220 g/mol. The van der Waals surface area contributed by atoms with Crippen LogP contribution >= 0.6 is 11.3 Å². The fourth-order valence-electron chi connectivity index (χ4n) is 1.51. The fraction of sp³-hybridized carbons (Fsp3) is 0.417. The van der Waals surface area contributed by atoms with Gasteiger partial charge in [0.1, 0.15) is 0 Å². The van der Waals surface area contributed by atoms with E-state index in [-0.39, 0.29) is 0 Å². The number of aromatic nitrogens is 1. The number of thiazole rings is 1. The lowest BCUT2D eigenvalue weighted by molar-refractivity contribution is 0.191. The Balaban J connectivity index is 2.03. The van der Waals surface area contributed by atoms with Gasteiger partial charge >= 0.3 is 0 Å². The average Bonchev–Trinajstić information content (AvgIpc) is 2.68. The topological polar surface area (TPSA) is 34.1 Å². The third-order valence-corrected chi connectivity index (χ3v) is 3.39. The molecule has 0 aliphatic carbocycles. The summed E-state index contributed by atoms with van der Waals surface area (Å²) in [5, 5.41) is 4.38. The molecule has 2 rings (SSSR count). The molecule has 1 N–H and O–H groups in total. The minimum absolute atomic E-state index is 0.389. The summed E-state index contributed by atoms with van der Waals surface area (Å²) in [4.78, 5) is 4.53. The van der Waals surface area contributed by atoms with E-state index in [0.29, 0.717) is 6.04 Å². The Hall–Kier alpha value is -1.13. The van der Waals surface area contributed by atoms with E-state index < -0.39 is 0 Å². The molecule has 1 atom stereocenters. The number of fused-ring (bicyclic) bond motifs is 1. The Labute approximate surface area is 99.5 Å². The first kappa shape index (κ1) is 11.4. The standard InChI is InChI=1S/C12H16N2OS/c1-9(7-8-15-2)13-12-14-10-5-3-4-6-11(10)16-12/h3-6,9H,7-8H2,1-2H3,(H,13,14). The van der Waals surface area contributed by atoms with Crippen molar-refractivity contribution in [3.8, 4) is 0 Å². The van der Waals surface area contributed by atoms with E-state index in [1.807, 2.05) is 18.2 Å². The SMILES string of the molecule is COCCC(C)Nc1nc2ccccc2s1. The molecule has 4 heteroatoms. The van der Waals surface area contributed by atoms with Crippen LogP contribution in [-0.4, -0.2) is 24.7 Å². The van der Waals surface area contributed by atoms with Crippen molar-refractivity contribution in [2.75, 3.05) is 19.0 Å². The number of para-hydroxylation sites is 1. The van der Waals surface area contributed by atoms with Crippen LogP contribution in [0.3, 0.4) is 0 Å². The molecule has 1 aromatic heterocycles. The Kier molecular flexibility index (Phi) is 3.74. The van der Waals surface area contributed by atoms with Gasteiger partial charge in [-0.25, -0.2) is 4.98 Å². The molecule has 1 heterocycles. The zero-order chi connectivity index (χ0) is 11.4. The van der Waals surface area contributed by atoms with Crippen LogP contribution in [0.15, 0.2) is 24.3 Å². The second-order valence-electron chi connectivity index (χ2n) is 3.81. The monoisotopic (exact) mass is 236 g/mol. The molecule has 16 heavy (non-hydrogen) atoms. The van der Waals surface area contributed by atoms with Gasteiger partial charge in [0, 0.05) is 19.8 Å². The number of nitrogens with zero attached hydrogens (tertiary/aromatic N) is 1. The molecule has 3 nitrogen and oxygen atoms in total. The van der Waals surface area contributed by atoms with Gasteiger partial charge < -0.3 is 10.1 Å². The lowest BCUT2D eigenvalue weighted by Crippen LogP contribution is -2.16. The van der Waals surface area contributed by atoms with Crippen LogP contribution in [0.4, 0.5) is 5.13 Å². The van der Waals surface area contributed by atoms with E-state index in [4.69, 9.17) is 4.74 Å². The molecule has 1 aromatic carbocycles. The van der Waals surface area contributed by atoms with Crippen molar-refractivity contribution < 1.29 is 4.74 Å². The minimum atomic E-state index is 0.389. The molecule has 2 aromatic rings. The molecule has 86 valence electrons. The molecule has 0 bridgehead atoms. The number of anilines is 1. The highest BCUT2D eigenvalue weighted by molar-refractivity contribution is 7.22. The van der Waals surface area contributed by atoms with E-state index in [2.05, 4.69) is 23.3 Å². The van der Waals surface area contributed by atoms with Crippen LogP contribution < -0.4 is 5.32 Å². The van der Waals surface area contributed by atoms with Crippen LogP contribution in [0.25, 0.3) is 10.2 Å². The summed E-state index contributed by atoms with van der Waals surface area (Å²) in [6.45, 7) is 2.92. The lowest BCUT2D eigenvalue weighted by Gasteiger charge is -2.11. The Bertz CT molecular complexity index is 422. The largest absolute Gasteiger partial charge is 0.385 e. The number of rotatable bonds is 5. The molecule has 0 fully saturated rings. The van der Waals surface area contributed by atoms with Gasteiger partial charge in [0.2, 0.25) is 0 Å². The van der Waals surface area contributed by atoms with E-state index in [0.717, 1.165) is 23.7 Å². The molecule has 0 aliphatic rings. The van der Waals surface area contributed by atoms with Gasteiger partial charge in [-0.2, -0.15) is 0 Å². The summed E-state index contributed by atoms with van der Waals surface area (Å²) in [5.74, 6) is 0. The molecule has 0 saturated carbocycles. The number of nitrogens with one attached hydrogen (secondary N) is 1. The maximum Gasteiger partial charge on any atom is 0.184 e. The first-order valence-electron chi connectivity index (χ1n) is 5.40. The molecule has 1 unspecified atom stereocenters. The van der Waals surface area contributed by atoms with Crippen LogP contribution in [0, 0.1) is 0 Å². The van der Waals surface area contributed by atoms with E-state index in [9.17, 15) is 0 Å². The van der Waals surface area contributed by atoms with Crippen LogP contribution in [0.2, 0.25) is 0 Å². The smallest absolute Gasteiger partial charge is 0.184 e. The summed E-state index contributed by atoms with van der Waals surface area (Å²) < 4.78 is 6.28. The Morgan fingerprint density at radius 3 is 3.00 bits per heavy atom. The minimum Gasteiger partial charge on any atom is -0.385 e. The van der Waals surface area contributed by atoms with Crippen molar-refractivity contribution >= 4 is 26.7 Å². The average molecular weight is 236 g/mol. The number of hydrogen-bond acceptors (Lipinski definition) is 4. The van der Waals surface area contributed by atoms with E-state index >= 15 is 0 Å². The summed E-state index contributed by atoms with van der Waals surface area (Å²) in [6, 6.07) is 8.58. The zero-order valence-electron chi connectivity index (χ0n) is 9.56. The molecule has 0 radical (unpaired) electrons. The number of methoxy groups -OCH3 is 1. The Morgan fingerprint density at radius 2 is 2.25 bits per heavy atom. The summed E-state index contributed by atoms with van der Waals surface area (Å²) in [5.41, 5.74) is 1.06. The second kappa shape index (κ2) is 5.27. The van der Waals surface area contributed by atoms with Gasteiger partial charge in [-0.3, -0.25) is 0 Å². The van der Waals surface area contributed by atoms with E-state index in [1.54, 1.807) is 18.4 Å². The highest BCUT2D eigenvalue weighted by Crippen LogP contribution is 2.25. The molecule has 0 aliphatic heterocycles. The maximum atomic E-state index is 5.05. The van der Waals surface area contributed by atoms with Gasteiger partial charge in [0.05, 0.1) is 10.2 Å². The van der Waals surface area contributed by atoms with Crippen LogP contribution in [0.5, 0.6) is 0 Å². The molecule has 0 spiro atoms. The maximum absolute atomic E-state index is 5.05. The van der Waals surface area contributed by atoms with Gasteiger partial charge in [-0.05, 0) is 25.5 Å². The van der Waals surface area contributed by atoms with Gasteiger partial charge in [0.15, 0.2) is 5.13 Å². The highest BCUT2D eigenvalue weighted by Gasteiger charge is 2.06. The van der Waals surface area contributed by atoms with Gasteiger partial charge in [-0.15, -0.1) is 0 Å². The third kappa shape index (κ3) is 2.71. The lowest BCUT2D eigenvalue weighted by atomic mass is 10.2. The zero-order valence-corrected chi connectivity index (χ0v) is 10.4. The number of ether oxygens (including phenoxy) is 1. The first-order chi connectivity index (χ1) is 7.79. The van der Waals surface area contributed by atoms with Crippen molar-refractivity contribution in [2.45, 2.75) is 19.4 Å². The van der Waals surface area contributed by atoms with Crippen molar-refractivity contribution in [1.29, 1.82) is 0 Å². The normalized spacial score (nSPS) is 12.9. The summed E-state index contributed by atoms with van der Waals surface area (Å²) >= 11 is 1.70. The first-order valence-corrected chi connectivity index (χ1v) is 6.22. The third-order valence-electron chi connectivity index (χ3n) is 2.42. The van der Waals surface area contributed by atoms with Gasteiger partial charge in [-0.1, -0.05) is 23.5 Å². The number of hydrogen-bond donors (Lipinski definition) is 1. The summed E-state index contributed by atoms with van der Waals surface area (Å²) in [7, 11) is 1.73. The molecule has 0 saturated heterocycles. The predicted molar refractivity (Wildman–Crippen MR) is 69.2 cm³/mol. The van der Waals surface area contributed by atoms with Crippen LogP contribution in [-0.2, 0) is 4.74 Å². The number of benzene rings is 1. The fourth-order valence-corrected chi connectivity index (χ4v) is 2.49. The highest BCUT2D eigenvalue weighted by atomic mass is 32.1. The second-order valence-corrected chi connectivity index (χ2v) is 4.84. The molecular formula is C12H16N2OS. The quantitative estimate of drug-likeness (QED) is 0.866.